The molecule has 1 unspecified atom stereocenters. The van der Waals surface area contributed by atoms with Crippen molar-refractivity contribution in [3.05, 3.63) is 113 Å². The van der Waals surface area contributed by atoms with Crippen LogP contribution in [0.25, 0.3) is 22.0 Å². The number of nitrogens with two attached hydrogens (primary N) is 1. The summed E-state index contributed by atoms with van der Waals surface area (Å²) in [5, 5.41) is 10.9. The van der Waals surface area contributed by atoms with Gasteiger partial charge in [-0.15, -0.1) is 0 Å². The number of aromatic hydroxyl groups is 1. The van der Waals surface area contributed by atoms with Gasteiger partial charge >= 0.3 is 0 Å². The first-order valence-corrected chi connectivity index (χ1v) is 9.71. The Kier molecular flexibility index (Phi) is 4.38. The van der Waals surface area contributed by atoms with E-state index in [4.69, 9.17) is 5.73 Å². The minimum atomic E-state index is -1.11. The number of rotatable bonds is 4. The molecule has 152 valence electrons. The van der Waals surface area contributed by atoms with Gasteiger partial charge in [-0.25, -0.2) is 4.98 Å². The number of phenols is 1. The van der Waals surface area contributed by atoms with Crippen molar-refractivity contribution < 1.29 is 5.11 Å². The van der Waals surface area contributed by atoms with Crippen LogP contribution in [0.5, 0.6) is 5.75 Å². The van der Waals surface area contributed by atoms with Gasteiger partial charge in [0.2, 0.25) is 5.56 Å². The van der Waals surface area contributed by atoms with Gasteiger partial charge in [0.05, 0.1) is 18.2 Å². The average molecular weight is 409 g/mol. The number of nitrogens with zero attached hydrogens (tertiary/aromatic N) is 2. The molecule has 0 aliphatic rings. The zero-order valence-corrected chi connectivity index (χ0v) is 16.4. The SMILES string of the molecule is NC(c1cccc(O)c1)(c1ccc2[nH]c(=O)cc(-c3cccnc3)c2c1)c1cnc[nH]1. The number of aromatic amines is 2. The normalized spacial score (nSPS) is 13.2. The maximum Gasteiger partial charge on any atom is 0.249 e. The highest BCUT2D eigenvalue weighted by Gasteiger charge is 2.34. The van der Waals surface area contributed by atoms with Gasteiger partial charge in [-0.2, -0.15) is 0 Å². The molecular formula is C24H19N5O2. The molecule has 3 aromatic heterocycles. The third-order valence-corrected chi connectivity index (χ3v) is 5.50. The number of benzene rings is 2. The number of imidazole rings is 1. The van der Waals surface area contributed by atoms with Gasteiger partial charge in [-0.1, -0.05) is 24.3 Å². The molecule has 7 heteroatoms. The summed E-state index contributed by atoms with van der Waals surface area (Å²) in [7, 11) is 0. The molecule has 3 heterocycles. The molecule has 0 aliphatic heterocycles. The van der Waals surface area contributed by atoms with Gasteiger partial charge in [0.25, 0.3) is 0 Å². The number of hydrogen-bond donors (Lipinski definition) is 4. The smallest absolute Gasteiger partial charge is 0.249 e. The highest BCUT2D eigenvalue weighted by Crippen LogP contribution is 2.37. The number of hydrogen-bond acceptors (Lipinski definition) is 5. The molecule has 0 bridgehead atoms. The van der Waals surface area contributed by atoms with Crippen molar-refractivity contribution in [3.8, 4) is 16.9 Å². The number of nitrogens with one attached hydrogen (secondary N) is 2. The summed E-state index contributed by atoms with van der Waals surface area (Å²) in [6.07, 6.45) is 6.65. The fourth-order valence-electron chi connectivity index (χ4n) is 3.96. The van der Waals surface area contributed by atoms with Gasteiger partial charge in [-0.3, -0.25) is 9.78 Å². The molecule has 0 aliphatic carbocycles. The van der Waals surface area contributed by atoms with Crippen molar-refractivity contribution in [2.45, 2.75) is 5.54 Å². The van der Waals surface area contributed by atoms with Gasteiger partial charge in [0.15, 0.2) is 0 Å². The Balaban J connectivity index is 1.80. The molecule has 0 amide bonds. The number of pyridine rings is 2. The van der Waals surface area contributed by atoms with Crippen LogP contribution < -0.4 is 11.3 Å². The van der Waals surface area contributed by atoms with Crippen molar-refractivity contribution in [1.29, 1.82) is 0 Å². The first kappa shape index (κ1) is 18.8. The molecule has 0 fully saturated rings. The fraction of sp³-hybridized carbons (Fsp3) is 0.0417. The average Bonchev–Trinajstić information content (AvgIpc) is 3.34. The van der Waals surface area contributed by atoms with E-state index in [1.165, 1.54) is 0 Å². The van der Waals surface area contributed by atoms with Crippen LogP contribution in [0.4, 0.5) is 0 Å². The Morgan fingerprint density at radius 2 is 1.81 bits per heavy atom. The Morgan fingerprint density at radius 3 is 2.55 bits per heavy atom. The topological polar surface area (TPSA) is 121 Å². The lowest BCUT2D eigenvalue weighted by molar-refractivity contribution is 0.472. The Morgan fingerprint density at radius 1 is 0.935 bits per heavy atom. The van der Waals surface area contributed by atoms with E-state index in [0.29, 0.717) is 16.8 Å². The van der Waals surface area contributed by atoms with Crippen molar-refractivity contribution in [2.75, 3.05) is 0 Å². The van der Waals surface area contributed by atoms with Gasteiger partial charge in [-0.05, 0) is 47.0 Å². The number of fused-ring (bicyclic) bond motifs is 1. The van der Waals surface area contributed by atoms with Crippen molar-refractivity contribution in [3.63, 3.8) is 0 Å². The highest BCUT2D eigenvalue weighted by atomic mass is 16.3. The largest absolute Gasteiger partial charge is 0.508 e. The molecule has 5 rings (SSSR count). The van der Waals surface area contributed by atoms with Crippen LogP contribution >= 0.6 is 0 Å². The van der Waals surface area contributed by atoms with E-state index >= 15 is 0 Å². The van der Waals surface area contributed by atoms with E-state index in [0.717, 1.165) is 22.1 Å². The minimum Gasteiger partial charge on any atom is -0.508 e. The van der Waals surface area contributed by atoms with E-state index in [-0.39, 0.29) is 11.3 Å². The fourth-order valence-corrected chi connectivity index (χ4v) is 3.96. The van der Waals surface area contributed by atoms with Crippen LogP contribution in [-0.4, -0.2) is 25.0 Å². The van der Waals surface area contributed by atoms with E-state index in [1.807, 2.05) is 36.4 Å². The first-order chi connectivity index (χ1) is 15.1. The summed E-state index contributed by atoms with van der Waals surface area (Å²) in [4.78, 5) is 26.6. The summed E-state index contributed by atoms with van der Waals surface area (Å²) in [6.45, 7) is 0. The molecule has 0 radical (unpaired) electrons. The lowest BCUT2D eigenvalue weighted by Gasteiger charge is -2.30. The molecule has 0 saturated carbocycles. The molecule has 0 saturated heterocycles. The zero-order valence-electron chi connectivity index (χ0n) is 16.4. The minimum absolute atomic E-state index is 0.119. The summed E-state index contributed by atoms with van der Waals surface area (Å²) in [5.41, 5.74) is 10.1. The molecule has 2 aromatic carbocycles. The zero-order chi connectivity index (χ0) is 21.4. The van der Waals surface area contributed by atoms with Crippen LogP contribution in [-0.2, 0) is 5.54 Å². The van der Waals surface area contributed by atoms with Crippen molar-refractivity contribution in [2.24, 2.45) is 5.73 Å². The predicted octanol–water partition coefficient (Wildman–Crippen LogP) is 3.27. The highest BCUT2D eigenvalue weighted by molar-refractivity contribution is 5.94. The second-order valence-electron chi connectivity index (χ2n) is 7.37. The molecule has 5 N–H and O–H groups in total. The third kappa shape index (κ3) is 3.17. The molecule has 5 aromatic rings. The second-order valence-corrected chi connectivity index (χ2v) is 7.37. The molecule has 0 spiro atoms. The lowest BCUT2D eigenvalue weighted by Crippen LogP contribution is -2.39. The number of H-pyrrole nitrogens is 2. The number of aromatic nitrogens is 4. The molecule has 31 heavy (non-hydrogen) atoms. The second kappa shape index (κ2) is 7.23. The van der Waals surface area contributed by atoms with E-state index in [1.54, 1.807) is 49.2 Å². The lowest BCUT2D eigenvalue weighted by atomic mass is 9.80. The summed E-state index contributed by atoms with van der Waals surface area (Å²) in [5.74, 6) is 0.119. The predicted molar refractivity (Wildman–Crippen MR) is 119 cm³/mol. The van der Waals surface area contributed by atoms with E-state index in [9.17, 15) is 9.90 Å². The van der Waals surface area contributed by atoms with Crippen LogP contribution in [0.2, 0.25) is 0 Å². The van der Waals surface area contributed by atoms with Crippen molar-refractivity contribution >= 4 is 10.9 Å². The van der Waals surface area contributed by atoms with Gasteiger partial charge in [0, 0.05) is 34.9 Å². The summed E-state index contributed by atoms with van der Waals surface area (Å²) < 4.78 is 0. The van der Waals surface area contributed by atoms with Crippen LogP contribution in [0, 0.1) is 0 Å². The summed E-state index contributed by atoms with van der Waals surface area (Å²) in [6, 6.07) is 17.8. The Labute approximate surface area is 177 Å². The molecule has 7 nitrogen and oxygen atoms in total. The van der Waals surface area contributed by atoms with E-state index < -0.39 is 5.54 Å². The van der Waals surface area contributed by atoms with Gasteiger partial charge in [0.1, 0.15) is 11.3 Å². The van der Waals surface area contributed by atoms with Crippen LogP contribution in [0.1, 0.15) is 16.8 Å². The Hall–Kier alpha value is -4.23. The standard InChI is InChI=1S/C24H19N5O2/c25-24(22-13-27-14-28-22,16-4-1-5-18(30)9-16)17-6-7-21-20(10-17)19(11-23(31)29-21)15-3-2-8-26-12-15/h1-14,30H,25H2,(H,27,28)(H,29,31). The quantitative estimate of drug-likeness (QED) is 0.363. The molecule has 1 atom stereocenters. The maximum atomic E-state index is 12.3. The number of phenolic OH excluding ortho intramolecular Hbond substituents is 1. The Bertz CT molecular complexity index is 1430. The van der Waals surface area contributed by atoms with Gasteiger partial charge < -0.3 is 20.8 Å². The van der Waals surface area contributed by atoms with Crippen LogP contribution in [0.3, 0.4) is 0 Å². The third-order valence-electron chi connectivity index (χ3n) is 5.50. The van der Waals surface area contributed by atoms with E-state index in [2.05, 4.69) is 19.9 Å². The monoisotopic (exact) mass is 409 g/mol. The molecular weight excluding hydrogens is 390 g/mol. The maximum absolute atomic E-state index is 12.3. The summed E-state index contributed by atoms with van der Waals surface area (Å²) >= 11 is 0. The van der Waals surface area contributed by atoms with Crippen LogP contribution in [0.15, 0.2) is 90.4 Å². The van der Waals surface area contributed by atoms with Crippen molar-refractivity contribution in [1.82, 2.24) is 19.9 Å². The first-order valence-electron chi connectivity index (χ1n) is 9.71.